The highest BCUT2D eigenvalue weighted by Gasteiger charge is 2.17. The molecule has 3 rings (SSSR count). The van der Waals surface area contributed by atoms with Gasteiger partial charge in [-0.15, -0.1) is 11.3 Å². The first-order valence-corrected chi connectivity index (χ1v) is 9.45. The van der Waals surface area contributed by atoms with E-state index in [4.69, 9.17) is 4.42 Å². The van der Waals surface area contributed by atoms with Crippen molar-refractivity contribution in [3.8, 4) is 0 Å². The molecule has 2 N–H and O–H groups in total. The molecule has 8 nitrogen and oxygen atoms in total. The van der Waals surface area contributed by atoms with Gasteiger partial charge in [-0.2, -0.15) is 0 Å². The summed E-state index contributed by atoms with van der Waals surface area (Å²) in [6.07, 6.45) is 6.08. The van der Waals surface area contributed by atoms with E-state index in [0.29, 0.717) is 17.7 Å². The van der Waals surface area contributed by atoms with Crippen molar-refractivity contribution < 1.29 is 18.0 Å². The van der Waals surface area contributed by atoms with E-state index < -0.39 is 17.3 Å². The lowest BCUT2D eigenvalue weighted by atomic mass is 10.0. The number of thiazole rings is 1. The number of carbonyl (C=O) groups is 1. The largest absolute Gasteiger partial charge is 0.760 e. The van der Waals surface area contributed by atoms with Crippen molar-refractivity contribution in [1.29, 1.82) is 0 Å². The second kappa shape index (κ2) is 8.32. The number of nitrogens with one attached hydrogen (secondary N) is 2. The minimum atomic E-state index is -2.47. The standard InChI is InChI=1S/C16H16N4O4S2/c1-10-17-7-13(25-10)8-19-16(21)14-3-2-11(6-18-14)15(20-26(22)23)12-4-5-24-9-12/h2-7,9,15,20H,8H2,1H3,(H,19,21)(H,22,23)/p-1. The fourth-order valence-corrected chi connectivity index (χ4v) is 3.52. The number of hydrogen-bond donors (Lipinski definition) is 2. The summed E-state index contributed by atoms with van der Waals surface area (Å²) in [4.78, 5) is 21.4. The highest BCUT2D eigenvalue weighted by molar-refractivity contribution is 7.77. The number of furan rings is 1. The molecule has 0 bridgehead atoms. The fraction of sp³-hybridized carbons (Fsp3) is 0.188. The van der Waals surface area contributed by atoms with Gasteiger partial charge in [0, 0.05) is 34.1 Å². The Bertz CT molecular complexity index is 893. The van der Waals surface area contributed by atoms with E-state index >= 15 is 0 Å². The van der Waals surface area contributed by atoms with E-state index in [-0.39, 0.29) is 11.6 Å². The van der Waals surface area contributed by atoms with Gasteiger partial charge >= 0.3 is 0 Å². The van der Waals surface area contributed by atoms with Crippen molar-refractivity contribution in [3.05, 3.63) is 69.8 Å². The van der Waals surface area contributed by atoms with Crippen LogP contribution in [0.2, 0.25) is 0 Å². The number of amides is 1. The quantitative estimate of drug-likeness (QED) is 0.593. The van der Waals surface area contributed by atoms with Gasteiger partial charge in [-0.05, 0) is 24.6 Å². The Labute approximate surface area is 156 Å². The van der Waals surface area contributed by atoms with E-state index in [1.807, 2.05) is 6.92 Å². The summed E-state index contributed by atoms with van der Waals surface area (Å²) in [6.45, 7) is 2.28. The normalized spacial score (nSPS) is 13.3. The lowest BCUT2D eigenvalue weighted by molar-refractivity contribution is 0.0946. The van der Waals surface area contributed by atoms with Gasteiger partial charge in [0.2, 0.25) is 0 Å². The number of pyridine rings is 1. The van der Waals surface area contributed by atoms with Crippen LogP contribution in [0.5, 0.6) is 0 Å². The van der Waals surface area contributed by atoms with Crippen LogP contribution < -0.4 is 10.0 Å². The van der Waals surface area contributed by atoms with Crippen LogP contribution in [0.3, 0.4) is 0 Å². The van der Waals surface area contributed by atoms with Crippen molar-refractivity contribution in [2.24, 2.45) is 0 Å². The Morgan fingerprint density at radius 2 is 2.15 bits per heavy atom. The summed E-state index contributed by atoms with van der Waals surface area (Å²) in [7, 11) is 0. The van der Waals surface area contributed by atoms with E-state index in [0.717, 1.165) is 9.88 Å². The second-order valence-corrected chi connectivity index (χ2v) is 7.37. The van der Waals surface area contributed by atoms with Crippen molar-refractivity contribution >= 4 is 28.5 Å². The van der Waals surface area contributed by atoms with Gasteiger partial charge in [0.25, 0.3) is 5.91 Å². The smallest absolute Gasteiger partial charge is 0.270 e. The first-order chi connectivity index (χ1) is 12.5. The predicted molar refractivity (Wildman–Crippen MR) is 94.9 cm³/mol. The maximum absolute atomic E-state index is 12.2. The Balaban J connectivity index is 1.70. The van der Waals surface area contributed by atoms with Gasteiger partial charge in [-0.25, -0.2) is 9.71 Å². The third-order valence-electron chi connectivity index (χ3n) is 3.54. The molecule has 2 unspecified atom stereocenters. The molecule has 10 heteroatoms. The fourth-order valence-electron chi connectivity index (χ4n) is 2.32. The summed E-state index contributed by atoms with van der Waals surface area (Å²) in [5.41, 5.74) is 1.46. The average molecular weight is 391 g/mol. The van der Waals surface area contributed by atoms with Gasteiger partial charge in [-0.1, -0.05) is 6.07 Å². The second-order valence-electron chi connectivity index (χ2n) is 5.35. The monoisotopic (exact) mass is 391 g/mol. The van der Waals surface area contributed by atoms with Crippen LogP contribution in [0, 0.1) is 6.92 Å². The number of hydrogen-bond acceptors (Lipinski definition) is 7. The molecule has 0 aliphatic rings. The van der Waals surface area contributed by atoms with Crippen LogP contribution in [-0.4, -0.2) is 24.6 Å². The SMILES string of the molecule is Cc1ncc(CNC(=O)c2ccc(C(NS(=O)[O-])c3ccoc3)cn2)s1. The molecule has 0 aliphatic carbocycles. The number of carbonyl (C=O) groups excluding carboxylic acids is 1. The number of aryl methyl sites for hydroxylation is 1. The van der Waals surface area contributed by atoms with Gasteiger partial charge < -0.3 is 14.3 Å². The molecule has 1 amide bonds. The molecular weight excluding hydrogens is 376 g/mol. The molecule has 0 spiro atoms. The molecule has 3 aromatic heterocycles. The van der Waals surface area contributed by atoms with Crippen LogP contribution in [0.25, 0.3) is 0 Å². The van der Waals surface area contributed by atoms with E-state index in [9.17, 15) is 13.6 Å². The zero-order chi connectivity index (χ0) is 18.5. The molecule has 0 aromatic carbocycles. The lowest BCUT2D eigenvalue weighted by Gasteiger charge is -2.19. The summed E-state index contributed by atoms with van der Waals surface area (Å²) in [5, 5.41) is 3.71. The molecule has 2 atom stereocenters. The van der Waals surface area contributed by atoms with Gasteiger partial charge in [-0.3, -0.25) is 14.0 Å². The third kappa shape index (κ3) is 4.61. The predicted octanol–water partition coefficient (Wildman–Crippen LogP) is 1.84. The van der Waals surface area contributed by atoms with Crippen molar-refractivity contribution in [2.75, 3.05) is 0 Å². The Kier molecular flexibility index (Phi) is 5.89. The topological polar surface area (TPSA) is 120 Å². The molecule has 0 fully saturated rings. The molecule has 136 valence electrons. The van der Waals surface area contributed by atoms with Gasteiger partial charge in [0.1, 0.15) is 5.69 Å². The van der Waals surface area contributed by atoms with Gasteiger partial charge in [0.15, 0.2) is 0 Å². The number of rotatable bonds is 7. The van der Waals surface area contributed by atoms with E-state index in [1.54, 1.807) is 24.4 Å². The van der Waals surface area contributed by atoms with Crippen LogP contribution >= 0.6 is 11.3 Å². The van der Waals surface area contributed by atoms with Crippen LogP contribution in [-0.2, 0) is 17.8 Å². The Morgan fingerprint density at radius 1 is 1.31 bits per heavy atom. The zero-order valence-corrected chi connectivity index (χ0v) is 15.3. The molecule has 3 heterocycles. The van der Waals surface area contributed by atoms with Crippen LogP contribution in [0.1, 0.15) is 37.5 Å². The van der Waals surface area contributed by atoms with Crippen molar-refractivity contribution in [2.45, 2.75) is 19.5 Å². The molecule has 0 aliphatic heterocycles. The van der Waals surface area contributed by atoms with Crippen molar-refractivity contribution in [3.63, 3.8) is 0 Å². The minimum absolute atomic E-state index is 0.240. The van der Waals surface area contributed by atoms with E-state index in [2.05, 4.69) is 20.0 Å². The lowest BCUT2D eigenvalue weighted by Crippen LogP contribution is -2.25. The number of aromatic nitrogens is 2. The molecular formula is C16H15N4O4S2-. The summed E-state index contributed by atoms with van der Waals surface area (Å²) in [6, 6.07) is 4.21. The Hall–Kier alpha value is -2.40. The maximum atomic E-state index is 12.2. The first kappa shape index (κ1) is 18.4. The van der Waals surface area contributed by atoms with Gasteiger partial charge in [0.05, 0.1) is 30.1 Å². The molecule has 0 radical (unpaired) electrons. The average Bonchev–Trinajstić information content (AvgIpc) is 3.29. The number of nitrogens with zero attached hydrogens (tertiary/aromatic N) is 2. The molecule has 3 aromatic rings. The van der Waals surface area contributed by atoms with Crippen molar-refractivity contribution in [1.82, 2.24) is 20.0 Å². The first-order valence-electron chi connectivity index (χ1n) is 7.56. The molecule has 26 heavy (non-hydrogen) atoms. The Morgan fingerprint density at radius 3 is 2.73 bits per heavy atom. The van der Waals surface area contributed by atoms with Crippen LogP contribution in [0.4, 0.5) is 0 Å². The van der Waals surface area contributed by atoms with Crippen LogP contribution in [0.15, 0.2) is 47.5 Å². The summed E-state index contributed by atoms with van der Waals surface area (Å²) in [5.74, 6) is -0.317. The summed E-state index contributed by atoms with van der Waals surface area (Å²) >= 11 is -0.957. The third-order valence-corrected chi connectivity index (χ3v) is 4.88. The minimum Gasteiger partial charge on any atom is -0.760 e. The molecule has 0 saturated carbocycles. The highest BCUT2D eigenvalue weighted by Crippen LogP contribution is 2.22. The van der Waals surface area contributed by atoms with E-state index in [1.165, 1.54) is 30.1 Å². The highest BCUT2D eigenvalue weighted by atomic mass is 32.2. The molecule has 0 saturated heterocycles. The zero-order valence-electron chi connectivity index (χ0n) is 13.7. The maximum Gasteiger partial charge on any atom is 0.270 e. The summed E-state index contributed by atoms with van der Waals surface area (Å²) < 4.78 is 29.5.